The molecular weight excluding hydrogens is 508 g/mol. The van der Waals surface area contributed by atoms with Crippen LogP contribution in [0.1, 0.15) is 52.8 Å². The quantitative estimate of drug-likeness (QED) is 0.546. The number of esters is 1. The molecule has 1 N–H and O–H groups in total. The summed E-state index contributed by atoms with van der Waals surface area (Å²) >= 11 is 0. The van der Waals surface area contributed by atoms with Crippen molar-refractivity contribution < 1.29 is 47.2 Å². The Hall–Kier alpha value is -3.00. The van der Waals surface area contributed by atoms with Crippen LogP contribution < -0.4 is 0 Å². The minimum absolute atomic E-state index is 0.0509. The number of carboxylic acid groups (broad SMARTS) is 1. The Morgan fingerprint density at radius 3 is 2.58 bits per heavy atom. The second-order valence-electron chi connectivity index (χ2n) is 10.7. The highest BCUT2D eigenvalue weighted by Gasteiger charge is 2.53. The van der Waals surface area contributed by atoms with Crippen LogP contribution in [0.5, 0.6) is 0 Å². The van der Waals surface area contributed by atoms with E-state index in [1.54, 1.807) is 34.6 Å². The van der Waals surface area contributed by atoms with Crippen LogP contribution in [0.15, 0.2) is 18.3 Å². The van der Waals surface area contributed by atoms with Crippen molar-refractivity contribution in [3.63, 3.8) is 0 Å². The fraction of sp³-hybridized carbons (Fsp3) is 0.600. The van der Waals surface area contributed by atoms with Gasteiger partial charge in [-0.3, -0.25) is 0 Å². The molecule has 11 nitrogen and oxygen atoms in total. The van der Waals surface area contributed by atoms with Crippen LogP contribution in [0.3, 0.4) is 0 Å². The van der Waals surface area contributed by atoms with E-state index in [-0.39, 0.29) is 23.2 Å². The van der Waals surface area contributed by atoms with Crippen LogP contribution in [0.4, 0.5) is 8.78 Å². The highest BCUT2D eigenvalue weighted by molar-refractivity contribution is 5.74. The van der Waals surface area contributed by atoms with Gasteiger partial charge in [0.25, 0.3) is 0 Å². The zero-order valence-corrected chi connectivity index (χ0v) is 21.9. The predicted octanol–water partition coefficient (Wildman–Crippen LogP) is 3.15. The maximum absolute atomic E-state index is 14.6. The number of hydrogen-bond donors (Lipinski definition) is 1. The van der Waals surface area contributed by atoms with Crippen LogP contribution >= 0.6 is 0 Å². The second kappa shape index (κ2) is 10.3. The van der Waals surface area contributed by atoms with Crippen molar-refractivity contribution in [3.8, 4) is 11.3 Å². The van der Waals surface area contributed by atoms with Crippen molar-refractivity contribution in [2.45, 2.75) is 90.0 Å². The van der Waals surface area contributed by atoms with Gasteiger partial charge in [0.1, 0.15) is 24.0 Å². The van der Waals surface area contributed by atoms with Crippen molar-refractivity contribution in [1.29, 1.82) is 0 Å². The third-order valence-corrected chi connectivity index (χ3v) is 5.99. The Bertz CT molecular complexity index is 1210. The van der Waals surface area contributed by atoms with Gasteiger partial charge in [-0.2, -0.15) is 0 Å². The van der Waals surface area contributed by atoms with Crippen molar-refractivity contribution in [1.82, 2.24) is 15.0 Å². The van der Waals surface area contributed by atoms with E-state index < -0.39 is 72.2 Å². The molecule has 2 aliphatic heterocycles. The fourth-order valence-electron chi connectivity index (χ4n) is 4.44. The average molecular weight is 540 g/mol. The Morgan fingerprint density at radius 1 is 1.21 bits per heavy atom. The number of carboxylic acids is 1. The number of fused-ring (bicyclic) bond motifs is 1. The average Bonchev–Trinajstić information content (AvgIpc) is 3.28. The lowest BCUT2D eigenvalue weighted by atomic mass is 9.95. The van der Waals surface area contributed by atoms with Crippen molar-refractivity contribution in [3.05, 3.63) is 35.5 Å². The zero-order chi connectivity index (χ0) is 28.0. The van der Waals surface area contributed by atoms with E-state index in [0.29, 0.717) is 0 Å². The molecule has 0 bridgehead atoms. The number of aliphatic carboxylic acids is 1. The van der Waals surface area contributed by atoms with Crippen molar-refractivity contribution in [2.24, 2.45) is 0 Å². The Morgan fingerprint density at radius 2 is 1.92 bits per heavy atom. The lowest BCUT2D eigenvalue weighted by Gasteiger charge is -2.49. The number of ether oxygens (including phenoxy) is 5. The normalized spacial score (nSPS) is 27.0. The fourth-order valence-corrected chi connectivity index (χ4v) is 4.44. The number of halogens is 2. The molecule has 4 rings (SSSR count). The van der Waals surface area contributed by atoms with E-state index in [1.165, 1.54) is 29.9 Å². The largest absolute Gasteiger partial charge is 0.479 e. The van der Waals surface area contributed by atoms with E-state index in [0.717, 1.165) is 0 Å². The summed E-state index contributed by atoms with van der Waals surface area (Å²) in [4.78, 5) is 24.2. The van der Waals surface area contributed by atoms with Gasteiger partial charge in [-0.05, 0) is 53.2 Å². The molecule has 13 heteroatoms. The molecule has 0 aliphatic carbocycles. The number of aryl methyl sites for hydroxylation is 1. The maximum Gasteiger partial charge on any atom is 0.335 e. The van der Waals surface area contributed by atoms with Crippen LogP contribution in [0.25, 0.3) is 11.3 Å². The molecule has 1 aromatic carbocycles. The Kier molecular flexibility index (Phi) is 7.58. The summed E-state index contributed by atoms with van der Waals surface area (Å²) in [7, 11) is 0. The van der Waals surface area contributed by atoms with Gasteiger partial charge in [0.15, 0.2) is 29.8 Å². The Balaban J connectivity index is 1.57. The second-order valence-corrected chi connectivity index (χ2v) is 10.7. The number of hydrogen-bond acceptors (Lipinski definition) is 9. The van der Waals surface area contributed by atoms with Crippen LogP contribution in [-0.2, 0) is 33.3 Å². The highest BCUT2D eigenvalue weighted by atomic mass is 19.2. The monoisotopic (exact) mass is 539 g/mol. The lowest BCUT2D eigenvalue weighted by molar-refractivity contribution is -0.379. The summed E-state index contributed by atoms with van der Waals surface area (Å²) < 4.78 is 58.7. The molecule has 5 atom stereocenters. The highest BCUT2D eigenvalue weighted by Crippen LogP contribution is 2.41. The molecule has 0 radical (unpaired) electrons. The molecule has 2 saturated heterocycles. The lowest BCUT2D eigenvalue weighted by Crippen LogP contribution is -2.61. The first kappa shape index (κ1) is 28.0. The van der Waals surface area contributed by atoms with E-state index in [9.17, 15) is 23.5 Å². The summed E-state index contributed by atoms with van der Waals surface area (Å²) in [6, 6.07) is 2.82. The third kappa shape index (κ3) is 6.01. The predicted molar refractivity (Wildman–Crippen MR) is 126 cm³/mol. The van der Waals surface area contributed by atoms with Crippen LogP contribution in [0, 0.1) is 18.6 Å². The van der Waals surface area contributed by atoms with E-state index >= 15 is 0 Å². The van der Waals surface area contributed by atoms with Gasteiger partial charge in [-0.25, -0.2) is 23.1 Å². The molecule has 38 heavy (non-hydrogen) atoms. The molecule has 208 valence electrons. The Labute approximate surface area is 217 Å². The smallest absolute Gasteiger partial charge is 0.335 e. The topological polar surface area (TPSA) is 131 Å². The molecule has 0 spiro atoms. The molecular formula is C25H31F2N3O8. The third-order valence-electron chi connectivity index (χ3n) is 5.99. The van der Waals surface area contributed by atoms with Crippen LogP contribution in [0.2, 0.25) is 0 Å². The molecule has 1 unspecified atom stereocenters. The van der Waals surface area contributed by atoms with Gasteiger partial charge in [0.2, 0.25) is 0 Å². The number of nitrogens with zero attached hydrogens (tertiary/aromatic N) is 3. The van der Waals surface area contributed by atoms with Crippen molar-refractivity contribution >= 4 is 11.9 Å². The van der Waals surface area contributed by atoms with E-state index in [4.69, 9.17) is 23.7 Å². The standard InChI is InChI=1S/C25H31F2N3O8/c1-12-7-8-13(19(27)18(12)26)14-10-30(29-28-14)22-20-16(36-25(5,6)38-22)9-15(21(35-20)23(32)33)34-11-17(31)37-24(2,3)4/h7-8,10,15-16,20-22H,9,11H2,1-6H3,(H,32,33)/t15-,16-,20-,21-,22?/m1/s1. The first-order valence-corrected chi connectivity index (χ1v) is 12.1. The van der Waals surface area contributed by atoms with Gasteiger partial charge < -0.3 is 28.8 Å². The zero-order valence-electron chi connectivity index (χ0n) is 21.9. The molecule has 3 heterocycles. The van der Waals surface area contributed by atoms with Gasteiger partial charge >= 0.3 is 11.9 Å². The SMILES string of the molecule is Cc1ccc(-c2cn(C3OC(C)(C)O[C@@H]4C[C@@H](OCC(=O)OC(C)(C)C)[C@H](C(=O)O)O[C@@H]34)nn2)c(F)c1F. The number of benzene rings is 1. The first-order chi connectivity index (χ1) is 17.6. The van der Waals surface area contributed by atoms with Crippen LogP contribution in [-0.4, -0.2) is 74.4 Å². The molecule has 0 amide bonds. The maximum atomic E-state index is 14.6. The molecule has 1 aromatic heterocycles. The number of rotatable bonds is 6. The summed E-state index contributed by atoms with van der Waals surface area (Å²) in [6.07, 6.45) is -3.76. The summed E-state index contributed by atoms with van der Waals surface area (Å²) in [5.41, 5.74) is -0.623. The molecule has 2 aromatic rings. The minimum Gasteiger partial charge on any atom is -0.479 e. The van der Waals surface area contributed by atoms with Gasteiger partial charge in [-0.1, -0.05) is 11.3 Å². The van der Waals surface area contributed by atoms with E-state index in [2.05, 4.69) is 10.3 Å². The molecule has 2 aliphatic rings. The first-order valence-electron chi connectivity index (χ1n) is 12.1. The number of carbonyl (C=O) groups is 2. The van der Waals surface area contributed by atoms with Gasteiger partial charge in [-0.15, -0.1) is 5.10 Å². The number of carbonyl (C=O) groups excluding carboxylic acids is 1. The molecule has 0 saturated carbocycles. The van der Waals surface area contributed by atoms with Gasteiger partial charge in [0, 0.05) is 12.0 Å². The van der Waals surface area contributed by atoms with Gasteiger partial charge in [0.05, 0.1) is 18.4 Å². The summed E-state index contributed by atoms with van der Waals surface area (Å²) in [5, 5.41) is 17.8. The number of aromatic nitrogens is 3. The van der Waals surface area contributed by atoms with E-state index in [1.807, 2.05) is 0 Å². The summed E-state index contributed by atoms with van der Waals surface area (Å²) in [6.45, 7) is 9.40. The minimum atomic E-state index is -1.46. The molecule has 2 fully saturated rings. The van der Waals surface area contributed by atoms with Crippen molar-refractivity contribution in [2.75, 3.05) is 6.61 Å². The summed E-state index contributed by atoms with van der Waals surface area (Å²) in [5.74, 6) is -5.16.